The minimum Gasteiger partial charge on any atom is -0.240 e. The summed E-state index contributed by atoms with van der Waals surface area (Å²) in [6.45, 7) is 2.58. The Hall–Kier alpha value is -0.180. The van der Waals surface area contributed by atoms with Crippen LogP contribution in [0.3, 0.4) is 0 Å². The highest BCUT2D eigenvalue weighted by Crippen LogP contribution is 2.00. The quantitative estimate of drug-likeness (QED) is 0.465. The molecule has 0 atom stereocenters. The molecule has 8 heteroatoms. The number of hydrogen-bond donors (Lipinski definition) is 0. The van der Waals surface area contributed by atoms with Crippen LogP contribution in [0.4, 0.5) is 0 Å². The third-order valence-electron chi connectivity index (χ3n) is 1.36. The molecule has 0 spiro atoms. The molecule has 0 aliphatic carbocycles. The summed E-state index contributed by atoms with van der Waals surface area (Å²) >= 11 is 0. The van der Waals surface area contributed by atoms with E-state index in [9.17, 15) is 16.8 Å². The first-order chi connectivity index (χ1) is 6.83. The van der Waals surface area contributed by atoms with E-state index in [0.717, 1.165) is 0 Å². The SMILES string of the molecule is CCCS(=O)(=O)OCOS(=O)(=O)CCC. The molecule has 0 saturated carbocycles. The molecule has 0 saturated heterocycles. The second kappa shape index (κ2) is 6.41. The van der Waals surface area contributed by atoms with E-state index in [-0.39, 0.29) is 11.5 Å². The maximum atomic E-state index is 11.0. The van der Waals surface area contributed by atoms with E-state index in [1.165, 1.54) is 0 Å². The second-order valence-corrected chi connectivity index (χ2v) is 6.40. The highest BCUT2D eigenvalue weighted by molar-refractivity contribution is 7.87. The molecule has 6 nitrogen and oxygen atoms in total. The smallest absolute Gasteiger partial charge is 0.240 e. The first-order valence-electron chi connectivity index (χ1n) is 4.57. The van der Waals surface area contributed by atoms with Gasteiger partial charge in [-0.05, 0) is 12.8 Å². The Morgan fingerprint density at radius 1 is 0.800 bits per heavy atom. The molecular weight excluding hydrogens is 244 g/mol. The van der Waals surface area contributed by atoms with Crippen LogP contribution in [-0.4, -0.2) is 35.1 Å². The molecule has 0 bridgehead atoms. The lowest BCUT2D eigenvalue weighted by atomic mass is 10.6. The maximum Gasteiger partial charge on any atom is 0.269 e. The van der Waals surface area contributed by atoms with Gasteiger partial charge < -0.3 is 0 Å². The predicted molar refractivity (Wildman–Crippen MR) is 55.2 cm³/mol. The van der Waals surface area contributed by atoms with Crippen molar-refractivity contribution in [2.75, 3.05) is 18.3 Å². The van der Waals surface area contributed by atoms with E-state index >= 15 is 0 Å². The third kappa shape index (κ3) is 7.71. The first kappa shape index (κ1) is 14.8. The normalized spacial score (nSPS) is 12.9. The Bertz CT molecular complexity index is 319. The lowest BCUT2D eigenvalue weighted by Gasteiger charge is -2.05. The highest BCUT2D eigenvalue weighted by Gasteiger charge is 2.14. The molecule has 0 aromatic heterocycles. The van der Waals surface area contributed by atoms with Gasteiger partial charge in [-0.25, -0.2) is 8.37 Å². The molecule has 0 aromatic carbocycles. The van der Waals surface area contributed by atoms with Crippen LogP contribution >= 0.6 is 0 Å². The molecule has 92 valence electrons. The van der Waals surface area contributed by atoms with Crippen LogP contribution in [0, 0.1) is 0 Å². The Labute approximate surface area is 90.8 Å². The van der Waals surface area contributed by atoms with Crippen LogP contribution < -0.4 is 0 Å². The van der Waals surface area contributed by atoms with Gasteiger partial charge in [0.05, 0.1) is 11.5 Å². The fourth-order valence-electron chi connectivity index (χ4n) is 0.784. The lowest BCUT2D eigenvalue weighted by molar-refractivity contribution is 0.132. The van der Waals surface area contributed by atoms with Gasteiger partial charge in [-0.1, -0.05) is 13.8 Å². The average Bonchev–Trinajstić information content (AvgIpc) is 2.02. The van der Waals surface area contributed by atoms with Crippen molar-refractivity contribution >= 4 is 20.2 Å². The van der Waals surface area contributed by atoms with Gasteiger partial charge >= 0.3 is 0 Å². The van der Waals surface area contributed by atoms with Gasteiger partial charge in [0.1, 0.15) is 0 Å². The summed E-state index contributed by atoms with van der Waals surface area (Å²) in [5.41, 5.74) is 0. The van der Waals surface area contributed by atoms with Gasteiger partial charge in [0.25, 0.3) is 20.2 Å². The summed E-state index contributed by atoms with van der Waals surface area (Å²) in [6, 6.07) is 0. The van der Waals surface area contributed by atoms with E-state index in [1.54, 1.807) is 13.8 Å². The predicted octanol–water partition coefficient (Wildman–Crippen LogP) is 0.457. The standard InChI is InChI=1S/C7H16O6S2/c1-3-5-14(8,9)12-7-13-15(10,11)6-4-2/h3-7H2,1-2H3. The Morgan fingerprint density at radius 2 is 1.13 bits per heavy atom. The summed E-state index contributed by atoms with van der Waals surface area (Å²) in [7, 11) is -7.32. The fourth-order valence-corrected chi connectivity index (χ4v) is 2.47. The van der Waals surface area contributed by atoms with Crippen molar-refractivity contribution in [2.45, 2.75) is 26.7 Å². The van der Waals surface area contributed by atoms with Gasteiger partial charge in [-0.2, -0.15) is 16.8 Å². The molecule has 0 aliphatic rings. The highest BCUT2D eigenvalue weighted by atomic mass is 32.2. The minimum atomic E-state index is -3.66. The van der Waals surface area contributed by atoms with Crippen LogP contribution in [0.15, 0.2) is 0 Å². The largest absolute Gasteiger partial charge is 0.269 e. The summed E-state index contributed by atoms with van der Waals surface area (Å²) < 4.78 is 52.6. The summed E-state index contributed by atoms with van der Waals surface area (Å²) in [5, 5.41) is 0. The van der Waals surface area contributed by atoms with Crippen LogP contribution in [-0.2, 0) is 28.6 Å². The van der Waals surface area contributed by atoms with Gasteiger partial charge in [-0.3, -0.25) is 0 Å². The molecular formula is C7H16O6S2. The van der Waals surface area contributed by atoms with E-state index in [4.69, 9.17) is 0 Å². The maximum absolute atomic E-state index is 11.0. The zero-order chi connectivity index (χ0) is 11.9. The monoisotopic (exact) mass is 260 g/mol. The van der Waals surface area contributed by atoms with E-state index in [2.05, 4.69) is 8.37 Å². The van der Waals surface area contributed by atoms with E-state index < -0.39 is 27.0 Å². The lowest BCUT2D eigenvalue weighted by Crippen LogP contribution is -2.17. The van der Waals surface area contributed by atoms with Crippen molar-refractivity contribution in [1.29, 1.82) is 0 Å². The van der Waals surface area contributed by atoms with E-state index in [0.29, 0.717) is 12.8 Å². The van der Waals surface area contributed by atoms with E-state index in [1.807, 2.05) is 0 Å². The number of rotatable bonds is 8. The van der Waals surface area contributed by atoms with Crippen LogP contribution in [0.25, 0.3) is 0 Å². The molecule has 0 amide bonds. The third-order valence-corrected chi connectivity index (χ3v) is 4.09. The van der Waals surface area contributed by atoms with Crippen molar-refractivity contribution in [3.63, 3.8) is 0 Å². The van der Waals surface area contributed by atoms with Crippen molar-refractivity contribution < 1.29 is 25.2 Å². The number of hydrogen-bond acceptors (Lipinski definition) is 6. The van der Waals surface area contributed by atoms with Crippen LogP contribution in [0.5, 0.6) is 0 Å². The topological polar surface area (TPSA) is 86.7 Å². The Kier molecular flexibility index (Phi) is 6.34. The molecule has 0 aliphatic heterocycles. The van der Waals surface area contributed by atoms with Crippen LogP contribution in [0.1, 0.15) is 26.7 Å². The van der Waals surface area contributed by atoms with Gasteiger partial charge in [-0.15, -0.1) is 0 Å². The van der Waals surface area contributed by atoms with Gasteiger partial charge in [0.15, 0.2) is 6.79 Å². The van der Waals surface area contributed by atoms with Crippen LogP contribution in [0.2, 0.25) is 0 Å². The van der Waals surface area contributed by atoms with Crippen molar-refractivity contribution in [1.82, 2.24) is 0 Å². The Morgan fingerprint density at radius 3 is 1.40 bits per heavy atom. The first-order valence-corrected chi connectivity index (χ1v) is 7.72. The molecule has 0 aromatic rings. The molecule has 0 fully saturated rings. The minimum absolute atomic E-state index is 0.149. The summed E-state index contributed by atoms with van der Waals surface area (Å²) in [4.78, 5) is 0. The summed E-state index contributed by atoms with van der Waals surface area (Å²) in [5.74, 6) is -0.297. The van der Waals surface area contributed by atoms with Crippen molar-refractivity contribution in [2.24, 2.45) is 0 Å². The molecule has 15 heavy (non-hydrogen) atoms. The van der Waals surface area contributed by atoms with Crippen molar-refractivity contribution in [3.05, 3.63) is 0 Å². The fraction of sp³-hybridized carbons (Fsp3) is 1.00. The van der Waals surface area contributed by atoms with Gasteiger partial charge in [0, 0.05) is 0 Å². The van der Waals surface area contributed by atoms with Crippen molar-refractivity contribution in [3.8, 4) is 0 Å². The molecule has 0 heterocycles. The molecule has 0 radical (unpaired) electrons. The Balaban J connectivity index is 4.00. The second-order valence-electron chi connectivity index (χ2n) is 2.88. The average molecular weight is 260 g/mol. The zero-order valence-corrected chi connectivity index (χ0v) is 10.4. The summed E-state index contributed by atoms with van der Waals surface area (Å²) in [6.07, 6.45) is 0.814. The zero-order valence-electron chi connectivity index (χ0n) is 8.80. The van der Waals surface area contributed by atoms with Gasteiger partial charge in [0.2, 0.25) is 0 Å². The molecule has 0 N–H and O–H groups in total. The molecule has 0 unspecified atom stereocenters. The molecule has 0 rings (SSSR count).